The number of carbonyl (C=O) groups excluding carboxylic acids is 2. The van der Waals surface area contributed by atoms with E-state index in [0.717, 1.165) is 37.4 Å². The fourth-order valence-electron chi connectivity index (χ4n) is 3.50. The van der Waals surface area contributed by atoms with Gasteiger partial charge in [-0.1, -0.05) is 19.4 Å². The molecular formula is C16H19N3O5S. The first-order chi connectivity index (χ1) is 12.1. The summed E-state index contributed by atoms with van der Waals surface area (Å²) < 4.78 is 25.2. The summed E-state index contributed by atoms with van der Waals surface area (Å²) in [5.41, 5.74) is 1.03. The molecule has 0 aliphatic carbocycles. The zero-order chi connectivity index (χ0) is 17.4. The average Bonchev–Trinajstić information content (AvgIpc) is 3.18. The molecule has 2 unspecified atom stereocenters. The highest BCUT2D eigenvalue weighted by Gasteiger charge is 2.60. The van der Waals surface area contributed by atoms with Gasteiger partial charge in [0.1, 0.15) is 0 Å². The predicted molar refractivity (Wildman–Crippen MR) is 87.5 cm³/mol. The van der Waals surface area contributed by atoms with E-state index in [-0.39, 0.29) is 5.92 Å². The zero-order valence-corrected chi connectivity index (χ0v) is 14.7. The summed E-state index contributed by atoms with van der Waals surface area (Å²) in [6, 6.07) is 0. The largest absolute Gasteiger partial charge is 0.475 e. The molecule has 0 radical (unpaired) electrons. The van der Waals surface area contributed by atoms with Crippen LogP contribution in [0.1, 0.15) is 38.3 Å². The van der Waals surface area contributed by atoms with Crippen LogP contribution in [-0.2, 0) is 19.1 Å². The van der Waals surface area contributed by atoms with E-state index >= 15 is 0 Å². The summed E-state index contributed by atoms with van der Waals surface area (Å²) in [7, 11) is 0. The molecule has 4 heterocycles. The minimum absolute atomic E-state index is 0.289. The number of rotatable bonds is 5. The summed E-state index contributed by atoms with van der Waals surface area (Å²) in [6.07, 6.45) is 5.87. The van der Waals surface area contributed by atoms with Gasteiger partial charge in [-0.25, -0.2) is 14.5 Å². The molecule has 1 spiro atoms. The van der Waals surface area contributed by atoms with Crippen molar-refractivity contribution in [2.24, 2.45) is 5.92 Å². The van der Waals surface area contributed by atoms with Crippen molar-refractivity contribution in [3.63, 3.8) is 0 Å². The van der Waals surface area contributed by atoms with Gasteiger partial charge >= 0.3 is 17.8 Å². The topological polar surface area (TPSA) is 90.9 Å². The third-order valence-corrected chi connectivity index (χ3v) is 5.21. The van der Waals surface area contributed by atoms with Crippen LogP contribution in [0.3, 0.4) is 0 Å². The first-order valence-electron chi connectivity index (χ1n) is 8.53. The van der Waals surface area contributed by atoms with Crippen molar-refractivity contribution in [3.05, 3.63) is 11.8 Å². The number of unbranched alkanes of at least 4 members (excludes halogenated alkanes) is 1. The second-order valence-electron chi connectivity index (χ2n) is 6.41. The Morgan fingerprint density at radius 2 is 2.16 bits per heavy atom. The fraction of sp³-hybridized carbons (Fsp3) is 0.625. The van der Waals surface area contributed by atoms with Crippen molar-refractivity contribution in [2.45, 2.75) is 38.5 Å². The number of aromatic nitrogens is 2. The van der Waals surface area contributed by atoms with Gasteiger partial charge in [0, 0.05) is 13.1 Å². The Bertz CT molecular complexity index is 715. The van der Waals surface area contributed by atoms with Crippen LogP contribution in [-0.4, -0.2) is 51.2 Å². The van der Waals surface area contributed by atoms with Gasteiger partial charge in [0.25, 0.3) is 5.88 Å². The normalized spacial score (nSPS) is 27.0. The molecule has 4 rings (SSSR count). The number of hydrogen-bond acceptors (Lipinski definition) is 9. The maximum Gasteiger partial charge on any atom is 0.422 e. The summed E-state index contributed by atoms with van der Waals surface area (Å²) in [6.45, 7) is 3.96. The van der Waals surface area contributed by atoms with Crippen molar-refractivity contribution < 1.29 is 23.8 Å². The first-order valence-corrected chi connectivity index (χ1v) is 9.26. The van der Waals surface area contributed by atoms with Gasteiger partial charge in [-0.15, -0.1) is 4.37 Å². The quantitative estimate of drug-likeness (QED) is 0.441. The minimum Gasteiger partial charge on any atom is -0.475 e. The second-order valence-corrected chi connectivity index (χ2v) is 6.94. The van der Waals surface area contributed by atoms with E-state index in [9.17, 15) is 9.59 Å². The molecule has 0 N–H and O–H groups in total. The predicted octanol–water partition coefficient (Wildman–Crippen LogP) is 1.58. The lowest BCUT2D eigenvalue weighted by Gasteiger charge is -2.45. The van der Waals surface area contributed by atoms with Crippen LogP contribution in [0.5, 0.6) is 5.88 Å². The lowest BCUT2D eigenvalue weighted by atomic mass is 9.87. The highest BCUT2D eigenvalue weighted by atomic mass is 32.1. The molecule has 1 aromatic heterocycles. The molecule has 3 aliphatic heterocycles. The molecule has 2 fully saturated rings. The van der Waals surface area contributed by atoms with E-state index in [4.69, 9.17) is 14.2 Å². The van der Waals surface area contributed by atoms with E-state index in [1.54, 1.807) is 0 Å². The lowest BCUT2D eigenvalue weighted by Crippen LogP contribution is -2.57. The maximum atomic E-state index is 11.8. The molecule has 1 aromatic rings. The monoisotopic (exact) mass is 365 g/mol. The van der Waals surface area contributed by atoms with Gasteiger partial charge in [-0.2, -0.15) is 4.37 Å². The molecule has 0 saturated carbocycles. The SMILES string of the molecule is CCCCOc1nsnc1C1=CC2CCCN(C2)C12OC(=O)C(=O)O2. The van der Waals surface area contributed by atoms with Crippen LogP contribution in [0.4, 0.5) is 0 Å². The number of fused-ring (bicyclic) bond motifs is 3. The summed E-state index contributed by atoms with van der Waals surface area (Å²) in [5, 5.41) is 0. The van der Waals surface area contributed by atoms with Gasteiger partial charge in [0.05, 0.1) is 23.9 Å². The Morgan fingerprint density at radius 3 is 2.92 bits per heavy atom. The summed E-state index contributed by atoms with van der Waals surface area (Å²) >= 11 is 1.02. The van der Waals surface area contributed by atoms with Crippen molar-refractivity contribution in [2.75, 3.05) is 19.7 Å². The molecule has 25 heavy (non-hydrogen) atoms. The highest BCUT2D eigenvalue weighted by molar-refractivity contribution is 6.99. The molecule has 0 aromatic carbocycles. The van der Waals surface area contributed by atoms with Crippen LogP contribution in [0, 0.1) is 5.92 Å². The van der Waals surface area contributed by atoms with Crippen LogP contribution >= 0.6 is 11.7 Å². The number of ether oxygens (including phenoxy) is 3. The molecular weight excluding hydrogens is 346 g/mol. The van der Waals surface area contributed by atoms with Crippen LogP contribution in [0.25, 0.3) is 5.57 Å². The number of carbonyl (C=O) groups is 2. The average molecular weight is 365 g/mol. The minimum atomic E-state index is -1.54. The third kappa shape index (κ3) is 2.71. The third-order valence-electron chi connectivity index (χ3n) is 4.70. The van der Waals surface area contributed by atoms with E-state index in [1.165, 1.54) is 0 Å². The van der Waals surface area contributed by atoms with Crippen LogP contribution in [0.2, 0.25) is 0 Å². The van der Waals surface area contributed by atoms with Gasteiger partial charge < -0.3 is 14.2 Å². The smallest absolute Gasteiger partial charge is 0.422 e. The van der Waals surface area contributed by atoms with Crippen molar-refractivity contribution in [1.82, 2.24) is 13.6 Å². The standard InChI is InChI=1S/C16H19N3O5S/c1-2-3-7-22-13-12(17-25-18-13)11-8-10-5-4-6-19(9-10)16(11)23-14(20)15(21)24-16/h8,10H,2-7,9H2,1H3. The second kappa shape index (κ2) is 6.38. The Balaban J connectivity index is 1.74. The van der Waals surface area contributed by atoms with E-state index in [1.807, 2.05) is 11.0 Å². The number of hydrogen-bond donors (Lipinski definition) is 0. The first kappa shape index (κ1) is 16.5. The zero-order valence-electron chi connectivity index (χ0n) is 13.9. The maximum absolute atomic E-state index is 11.8. The van der Waals surface area contributed by atoms with Gasteiger partial charge in [0.15, 0.2) is 5.69 Å². The number of nitrogens with zero attached hydrogens (tertiary/aromatic N) is 3. The van der Waals surface area contributed by atoms with Crippen molar-refractivity contribution >= 4 is 29.2 Å². The highest BCUT2D eigenvalue weighted by Crippen LogP contribution is 2.47. The molecule has 2 atom stereocenters. The fourth-order valence-corrected chi connectivity index (χ4v) is 4.01. The molecule has 8 nitrogen and oxygen atoms in total. The summed E-state index contributed by atoms with van der Waals surface area (Å²) in [5.74, 6) is -2.82. The molecule has 134 valence electrons. The molecule has 3 aliphatic rings. The Kier molecular flexibility index (Phi) is 4.20. The van der Waals surface area contributed by atoms with Gasteiger partial charge in [-0.3, -0.25) is 0 Å². The van der Waals surface area contributed by atoms with E-state index in [2.05, 4.69) is 15.7 Å². The molecule has 2 saturated heterocycles. The molecule has 0 amide bonds. The van der Waals surface area contributed by atoms with Gasteiger partial charge in [-0.05, 0) is 25.2 Å². The van der Waals surface area contributed by atoms with Crippen LogP contribution in [0.15, 0.2) is 6.08 Å². The van der Waals surface area contributed by atoms with E-state index < -0.39 is 17.8 Å². The van der Waals surface area contributed by atoms with Crippen molar-refractivity contribution in [3.8, 4) is 5.88 Å². The van der Waals surface area contributed by atoms with Gasteiger partial charge in [0.2, 0.25) is 0 Å². The Hall–Kier alpha value is -2.00. The molecule has 2 bridgehead atoms. The lowest BCUT2D eigenvalue weighted by molar-refractivity contribution is -0.223. The number of piperidine rings is 1. The van der Waals surface area contributed by atoms with E-state index in [0.29, 0.717) is 36.8 Å². The number of esters is 2. The Labute approximate surface area is 149 Å². The van der Waals surface area contributed by atoms with Crippen molar-refractivity contribution in [1.29, 1.82) is 0 Å². The molecule has 9 heteroatoms. The summed E-state index contributed by atoms with van der Waals surface area (Å²) in [4.78, 5) is 25.5. The Morgan fingerprint density at radius 1 is 1.36 bits per heavy atom. The van der Waals surface area contributed by atoms with Crippen LogP contribution < -0.4 is 4.74 Å².